The van der Waals surface area contributed by atoms with Crippen LogP contribution in [0.2, 0.25) is 0 Å². The van der Waals surface area contributed by atoms with Gasteiger partial charge < -0.3 is 4.74 Å². The van der Waals surface area contributed by atoms with E-state index in [4.69, 9.17) is 4.74 Å². The van der Waals surface area contributed by atoms with Gasteiger partial charge in [-0.1, -0.05) is 37.3 Å². The lowest BCUT2D eigenvalue weighted by molar-refractivity contribution is -0.118. The lowest BCUT2D eigenvalue weighted by Gasteiger charge is -2.11. The molecule has 0 spiro atoms. The van der Waals surface area contributed by atoms with Gasteiger partial charge in [0.2, 0.25) is 0 Å². The minimum atomic E-state index is -0.403. The molecule has 0 saturated heterocycles. The van der Waals surface area contributed by atoms with Crippen molar-refractivity contribution in [1.82, 2.24) is 4.98 Å². The number of amides is 1. The fourth-order valence-electron chi connectivity index (χ4n) is 2.26. The monoisotopic (exact) mass is 422 g/mol. The Balaban J connectivity index is 1.63. The first kappa shape index (κ1) is 17.8. The molecule has 4 nitrogen and oxygen atoms in total. The fraction of sp³-hybridized carbons (Fsp3) is 0.222. The molecule has 3 rings (SSSR count). The Morgan fingerprint density at radius 2 is 2.16 bits per heavy atom. The van der Waals surface area contributed by atoms with Crippen LogP contribution >= 0.6 is 27.3 Å². The number of rotatable bonds is 5. The molecule has 1 aromatic heterocycles. The van der Waals surface area contributed by atoms with Gasteiger partial charge in [0.15, 0.2) is 11.7 Å². The first-order valence-corrected chi connectivity index (χ1v) is 9.32. The standard InChI is InChI=1S/C18H16BrFN2O2S/c1-10(2)11-6-7-14(12(19)8-11)24-9-16(23)21-18-22-17-13(20)4-3-5-15(17)25-18/h3-8,10H,9H2,1-2H3,(H,21,22,23). The quantitative estimate of drug-likeness (QED) is 0.603. The van der Waals surface area contributed by atoms with Gasteiger partial charge in [-0.25, -0.2) is 9.37 Å². The molecule has 0 radical (unpaired) electrons. The van der Waals surface area contributed by atoms with E-state index >= 15 is 0 Å². The molecule has 0 unspecified atom stereocenters. The number of fused-ring (bicyclic) bond motifs is 1. The third-order valence-electron chi connectivity index (χ3n) is 3.60. The summed E-state index contributed by atoms with van der Waals surface area (Å²) in [5.41, 5.74) is 1.44. The van der Waals surface area contributed by atoms with Crippen molar-refractivity contribution >= 4 is 48.5 Å². The molecular formula is C18H16BrFN2O2S. The molecule has 1 N–H and O–H groups in total. The number of ether oxygens (including phenoxy) is 1. The Morgan fingerprint density at radius 1 is 1.36 bits per heavy atom. The highest BCUT2D eigenvalue weighted by Gasteiger charge is 2.12. The Labute approximate surface area is 157 Å². The summed E-state index contributed by atoms with van der Waals surface area (Å²) in [6.45, 7) is 4.06. The summed E-state index contributed by atoms with van der Waals surface area (Å²) in [6.07, 6.45) is 0. The number of nitrogens with one attached hydrogen (secondary N) is 1. The second-order valence-corrected chi connectivity index (χ2v) is 7.67. The third-order valence-corrected chi connectivity index (χ3v) is 5.15. The number of halogens is 2. The normalized spacial score (nSPS) is 11.1. The SMILES string of the molecule is CC(C)c1ccc(OCC(=O)Nc2nc3c(F)cccc3s2)c(Br)c1. The van der Waals surface area contributed by atoms with Gasteiger partial charge in [0.25, 0.3) is 5.91 Å². The molecule has 0 bridgehead atoms. The molecule has 0 saturated carbocycles. The minimum absolute atomic E-state index is 0.155. The van der Waals surface area contributed by atoms with E-state index in [1.165, 1.54) is 23.0 Å². The molecule has 0 atom stereocenters. The largest absolute Gasteiger partial charge is 0.483 e. The number of para-hydroxylation sites is 1. The number of hydrogen-bond acceptors (Lipinski definition) is 4. The number of carbonyl (C=O) groups is 1. The highest BCUT2D eigenvalue weighted by atomic mass is 79.9. The van der Waals surface area contributed by atoms with Crippen LogP contribution in [0.3, 0.4) is 0 Å². The Kier molecular flexibility index (Phi) is 5.34. The number of thiazole rings is 1. The average Bonchev–Trinajstić information content (AvgIpc) is 2.97. The van der Waals surface area contributed by atoms with Gasteiger partial charge in [-0.2, -0.15) is 0 Å². The molecule has 3 aromatic rings. The van der Waals surface area contributed by atoms with Crippen LogP contribution in [-0.4, -0.2) is 17.5 Å². The van der Waals surface area contributed by atoms with Crippen molar-refractivity contribution in [1.29, 1.82) is 0 Å². The maximum atomic E-state index is 13.6. The highest BCUT2D eigenvalue weighted by molar-refractivity contribution is 9.10. The van der Waals surface area contributed by atoms with Crippen LogP contribution in [0.5, 0.6) is 5.75 Å². The van der Waals surface area contributed by atoms with Crippen LogP contribution in [0.4, 0.5) is 9.52 Å². The zero-order chi connectivity index (χ0) is 18.0. The smallest absolute Gasteiger partial charge is 0.264 e. The van der Waals surface area contributed by atoms with E-state index in [2.05, 4.69) is 40.1 Å². The number of benzene rings is 2. The topological polar surface area (TPSA) is 51.2 Å². The maximum Gasteiger partial charge on any atom is 0.264 e. The summed E-state index contributed by atoms with van der Waals surface area (Å²) >= 11 is 4.68. The van der Waals surface area contributed by atoms with Crippen LogP contribution in [0, 0.1) is 5.82 Å². The molecule has 0 aliphatic carbocycles. The van der Waals surface area contributed by atoms with Gasteiger partial charge in [0.1, 0.15) is 17.1 Å². The van der Waals surface area contributed by atoms with E-state index in [1.54, 1.807) is 12.1 Å². The molecule has 2 aromatic carbocycles. The molecule has 0 aliphatic rings. The van der Waals surface area contributed by atoms with Gasteiger partial charge in [0.05, 0.1) is 9.17 Å². The van der Waals surface area contributed by atoms with Gasteiger partial charge in [-0.3, -0.25) is 10.1 Å². The molecule has 25 heavy (non-hydrogen) atoms. The molecular weight excluding hydrogens is 407 g/mol. The Bertz CT molecular complexity index is 927. The molecule has 7 heteroatoms. The third kappa shape index (κ3) is 4.16. The zero-order valence-corrected chi connectivity index (χ0v) is 16.1. The average molecular weight is 423 g/mol. The number of aromatic nitrogens is 1. The maximum absolute atomic E-state index is 13.6. The predicted octanol–water partition coefficient (Wildman–Crippen LogP) is 5.34. The van der Waals surface area contributed by atoms with E-state index in [-0.39, 0.29) is 18.0 Å². The van der Waals surface area contributed by atoms with Crippen molar-refractivity contribution in [3.63, 3.8) is 0 Å². The lowest BCUT2D eigenvalue weighted by atomic mass is 10.0. The predicted molar refractivity (Wildman–Crippen MR) is 102 cm³/mol. The second-order valence-electron chi connectivity index (χ2n) is 5.79. The van der Waals surface area contributed by atoms with Gasteiger partial charge >= 0.3 is 0 Å². The first-order valence-electron chi connectivity index (χ1n) is 7.71. The lowest BCUT2D eigenvalue weighted by Crippen LogP contribution is -2.20. The zero-order valence-electron chi connectivity index (χ0n) is 13.7. The number of anilines is 1. The summed E-state index contributed by atoms with van der Waals surface area (Å²) in [5.74, 6) is 0.252. The van der Waals surface area contributed by atoms with Gasteiger partial charge in [-0.05, 0) is 51.7 Å². The van der Waals surface area contributed by atoms with Crippen molar-refractivity contribution in [2.24, 2.45) is 0 Å². The van der Waals surface area contributed by atoms with E-state index in [0.29, 0.717) is 21.5 Å². The van der Waals surface area contributed by atoms with Crippen LogP contribution < -0.4 is 10.1 Å². The summed E-state index contributed by atoms with van der Waals surface area (Å²) in [4.78, 5) is 16.2. The highest BCUT2D eigenvalue weighted by Crippen LogP contribution is 2.29. The summed E-state index contributed by atoms with van der Waals surface area (Å²) in [6, 6.07) is 10.5. The minimum Gasteiger partial charge on any atom is -0.483 e. The Hall–Kier alpha value is -1.99. The van der Waals surface area contributed by atoms with Crippen LogP contribution in [0.1, 0.15) is 25.3 Å². The molecule has 0 aliphatic heterocycles. The van der Waals surface area contributed by atoms with E-state index < -0.39 is 5.82 Å². The van der Waals surface area contributed by atoms with E-state index in [9.17, 15) is 9.18 Å². The van der Waals surface area contributed by atoms with E-state index in [0.717, 1.165) is 4.47 Å². The van der Waals surface area contributed by atoms with E-state index in [1.807, 2.05) is 18.2 Å². The summed E-state index contributed by atoms with van der Waals surface area (Å²) in [7, 11) is 0. The number of nitrogens with zero attached hydrogens (tertiary/aromatic N) is 1. The second kappa shape index (κ2) is 7.49. The van der Waals surface area contributed by atoms with Crippen LogP contribution in [0.15, 0.2) is 40.9 Å². The summed E-state index contributed by atoms with van der Waals surface area (Å²) in [5, 5.41) is 2.99. The molecule has 130 valence electrons. The molecule has 1 heterocycles. The van der Waals surface area contributed by atoms with Crippen molar-refractivity contribution in [3.8, 4) is 5.75 Å². The molecule has 0 fully saturated rings. The number of hydrogen-bond donors (Lipinski definition) is 1. The number of carbonyl (C=O) groups excluding carboxylic acids is 1. The molecule has 1 amide bonds. The fourth-order valence-corrected chi connectivity index (χ4v) is 3.67. The van der Waals surface area contributed by atoms with Crippen LogP contribution in [0.25, 0.3) is 10.2 Å². The first-order chi connectivity index (χ1) is 11.9. The van der Waals surface area contributed by atoms with Gasteiger partial charge in [-0.15, -0.1) is 0 Å². The van der Waals surface area contributed by atoms with Crippen molar-refractivity contribution in [3.05, 3.63) is 52.3 Å². The summed E-state index contributed by atoms with van der Waals surface area (Å²) < 4.78 is 20.7. The van der Waals surface area contributed by atoms with Crippen LogP contribution in [-0.2, 0) is 4.79 Å². The van der Waals surface area contributed by atoms with Gasteiger partial charge in [0, 0.05) is 0 Å². The Morgan fingerprint density at radius 3 is 2.84 bits per heavy atom. The van der Waals surface area contributed by atoms with Crippen molar-refractivity contribution in [2.75, 3.05) is 11.9 Å². The van der Waals surface area contributed by atoms with Crippen molar-refractivity contribution in [2.45, 2.75) is 19.8 Å². The van der Waals surface area contributed by atoms with Crippen molar-refractivity contribution < 1.29 is 13.9 Å².